The average Bonchev–Trinajstić information content (AvgIpc) is 2.85. The minimum absolute atomic E-state index is 0.238. The van der Waals surface area contributed by atoms with Gasteiger partial charge in [-0.3, -0.25) is 0 Å². The molecule has 4 nitrogen and oxygen atoms in total. The van der Waals surface area contributed by atoms with Gasteiger partial charge in [0, 0.05) is 16.3 Å². The predicted octanol–water partition coefficient (Wildman–Crippen LogP) is 2.76. The van der Waals surface area contributed by atoms with Gasteiger partial charge in [-0.15, -0.1) is 11.3 Å². The highest BCUT2D eigenvalue weighted by Gasteiger charge is 2.12. The highest BCUT2D eigenvalue weighted by atomic mass is 79.9. The minimum Gasteiger partial charge on any atom is -0.456 e. The van der Waals surface area contributed by atoms with Crippen molar-refractivity contribution in [2.75, 3.05) is 6.54 Å². The number of hydrogen-bond acceptors (Lipinski definition) is 5. The van der Waals surface area contributed by atoms with Crippen LogP contribution >= 0.6 is 27.3 Å². The van der Waals surface area contributed by atoms with E-state index in [4.69, 9.17) is 10.5 Å². The molecule has 100 valence electrons. The molecular weight excluding hydrogens is 328 g/mol. The van der Waals surface area contributed by atoms with Crippen LogP contribution in [0.4, 0.5) is 0 Å². The zero-order valence-electron chi connectivity index (χ0n) is 10.1. The van der Waals surface area contributed by atoms with Crippen LogP contribution in [-0.2, 0) is 17.8 Å². The second-order valence-corrected chi connectivity index (χ2v) is 5.73. The van der Waals surface area contributed by atoms with E-state index in [1.807, 2.05) is 24.3 Å². The Morgan fingerprint density at radius 1 is 1.47 bits per heavy atom. The SMILES string of the molecule is NCCc1nc(C(=O)OCc2cccc(Br)c2)cs1. The molecule has 0 atom stereocenters. The number of esters is 1. The Balaban J connectivity index is 1.93. The lowest BCUT2D eigenvalue weighted by atomic mass is 10.2. The van der Waals surface area contributed by atoms with Crippen molar-refractivity contribution in [1.29, 1.82) is 0 Å². The van der Waals surface area contributed by atoms with E-state index in [0.717, 1.165) is 15.0 Å². The molecule has 0 unspecified atom stereocenters. The lowest BCUT2D eigenvalue weighted by Gasteiger charge is -2.03. The zero-order chi connectivity index (χ0) is 13.7. The number of carbonyl (C=O) groups excluding carboxylic acids is 1. The van der Waals surface area contributed by atoms with Crippen LogP contribution in [0.15, 0.2) is 34.1 Å². The molecule has 1 heterocycles. The van der Waals surface area contributed by atoms with Gasteiger partial charge in [0.25, 0.3) is 0 Å². The Bertz CT molecular complexity index is 571. The van der Waals surface area contributed by atoms with E-state index >= 15 is 0 Å². The Morgan fingerprint density at radius 3 is 3.05 bits per heavy atom. The molecule has 0 amide bonds. The molecule has 1 aromatic heterocycles. The van der Waals surface area contributed by atoms with Crippen LogP contribution in [0.25, 0.3) is 0 Å². The van der Waals surface area contributed by atoms with E-state index in [1.54, 1.807) is 5.38 Å². The van der Waals surface area contributed by atoms with E-state index in [0.29, 0.717) is 18.7 Å². The summed E-state index contributed by atoms with van der Waals surface area (Å²) in [6.45, 7) is 0.766. The molecule has 19 heavy (non-hydrogen) atoms. The lowest BCUT2D eigenvalue weighted by molar-refractivity contribution is 0.0466. The Morgan fingerprint density at radius 2 is 2.32 bits per heavy atom. The van der Waals surface area contributed by atoms with Gasteiger partial charge >= 0.3 is 5.97 Å². The highest BCUT2D eigenvalue weighted by molar-refractivity contribution is 9.10. The van der Waals surface area contributed by atoms with Crippen molar-refractivity contribution in [3.8, 4) is 0 Å². The molecule has 1 aromatic carbocycles. The van der Waals surface area contributed by atoms with Crippen molar-refractivity contribution in [2.45, 2.75) is 13.0 Å². The molecule has 2 rings (SSSR count). The summed E-state index contributed by atoms with van der Waals surface area (Å²) in [6.07, 6.45) is 0.684. The van der Waals surface area contributed by atoms with Crippen LogP contribution in [0.2, 0.25) is 0 Å². The molecule has 0 aliphatic carbocycles. The second-order valence-electron chi connectivity index (χ2n) is 3.87. The maximum Gasteiger partial charge on any atom is 0.358 e. The van der Waals surface area contributed by atoms with Crippen LogP contribution < -0.4 is 5.73 Å². The second kappa shape index (κ2) is 6.79. The molecule has 0 bridgehead atoms. The van der Waals surface area contributed by atoms with Crippen molar-refractivity contribution >= 4 is 33.2 Å². The smallest absolute Gasteiger partial charge is 0.358 e. The van der Waals surface area contributed by atoms with Gasteiger partial charge in [-0.1, -0.05) is 28.1 Å². The first kappa shape index (κ1) is 14.2. The largest absolute Gasteiger partial charge is 0.456 e. The summed E-state index contributed by atoms with van der Waals surface area (Å²) < 4.78 is 6.17. The van der Waals surface area contributed by atoms with Crippen molar-refractivity contribution in [2.24, 2.45) is 5.73 Å². The number of benzene rings is 1. The van der Waals surface area contributed by atoms with Gasteiger partial charge in [-0.25, -0.2) is 9.78 Å². The first-order valence-corrected chi connectivity index (χ1v) is 7.42. The van der Waals surface area contributed by atoms with Crippen molar-refractivity contribution in [1.82, 2.24) is 4.98 Å². The Hall–Kier alpha value is -1.24. The molecule has 6 heteroatoms. The maximum atomic E-state index is 11.8. The monoisotopic (exact) mass is 340 g/mol. The van der Waals surface area contributed by atoms with E-state index in [9.17, 15) is 4.79 Å². The van der Waals surface area contributed by atoms with Crippen LogP contribution in [0, 0.1) is 0 Å². The van der Waals surface area contributed by atoms with Gasteiger partial charge < -0.3 is 10.5 Å². The fourth-order valence-electron chi connectivity index (χ4n) is 1.49. The topological polar surface area (TPSA) is 65.2 Å². The summed E-state index contributed by atoms with van der Waals surface area (Å²) in [5, 5.41) is 2.56. The molecule has 2 N–H and O–H groups in total. The van der Waals surface area contributed by atoms with Gasteiger partial charge in [-0.2, -0.15) is 0 Å². The average molecular weight is 341 g/mol. The first-order valence-electron chi connectivity index (χ1n) is 5.75. The third-order valence-electron chi connectivity index (χ3n) is 2.38. The number of hydrogen-bond donors (Lipinski definition) is 1. The molecular formula is C13H13BrN2O2S. The van der Waals surface area contributed by atoms with Crippen LogP contribution in [-0.4, -0.2) is 17.5 Å². The molecule has 0 radical (unpaired) electrons. The third-order valence-corrected chi connectivity index (χ3v) is 3.78. The first-order chi connectivity index (χ1) is 9.19. The standard InChI is InChI=1S/C13H13BrN2O2S/c14-10-3-1-2-9(6-10)7-18-13(17)11-8-19-12(16-11)4-5-15/h1-3,6,8H,4-5,7,15H2. The fraction of sp³-hybridized carbons (Fsp3) is 0.231. The molecule has 0 aliphatic heterocycles. The summed E-state index contributed by atoms with van der Waals surface area (Å²) in [5.74, 6) is -0.403. The number of nitrogens with zero attached hydrogens (tertiary/aromatic N) is 1. The van der Waals surface area contributed by atoms with E-state index < -0.39 is 5.97 Å². The van der Waals surface area contributed by atoms with Gasteiger partial charge in [0.05, 0.1) is 5.01 Å². The highest BCUT2D eigenvalue weighted by Crippen LogP contribution is 2.14. The van der Waals surface area contributed by atoms with Crippen LogP contribution in [0.1, 0.15) is 21.1 Å². The zero-order valence-corrected chi connectivity index (χ0v) is 12.5. The molecule has 0 spiro atoms. The quantitative estimate of drug-likeness (QED) is 0.850. The molecule has 0 saturated heterocycles. The van der Waals surface area contributed by atoms with Crippen molar-refractivity contribution < 1.29 is 9.53 Å². The number of aromatic nitrogens is 1. The number of thiazole rings is 1. The summed E-state index contributed by atoms with van der Waals surface area (Å²) in [6, 6.07) is 7.63. The molecule has 0 fully saturated rings. The van der Waals surface area contributed by atoms with Crippen molar-refractivity contribution in [3.05, 3.63) is 50.4 Å². The van der Waals surface area contributed by atoms with Gasteiger partial charge in [0.15, 0.2) is 5.69 Å². The van der Waals surface area contributed by atoms with E-state index in [-0.39, 0.29) is 6.61 Å². The fourth-order valence-corrected chi connectivity index (χ4v) is 2.72. The van der Waals surface area contributed by atoms with Gasteiger partial charge in [0.1, 0.15) is 6.61 Å². The number of halogens is 1. The summed E-state index contributed by atoms with van der Waals surface area (Å²) in [5.41, 5.74) is 6.72. The van der Waals surface area contributed by atoms with Crippen molar-refractivity contribution in [3.63, 3.8) is 0 Å². The number of carbonyl (C=O) groups is 1. The minimum atomic E-state index is -0.403. The Kier molecular flexibility index (Phi) is 5.07. The summed E-state index contributed by atoms with van der Waals surface area (Å²) in [7, 11) is 0. The Labute approximate surface area is 123 Å². The van der Waals surface area contributed by atoms with Crippen LogP contribution in [0.5, 0.6) is 0 Å². The number of nitrogens with two attached hydrogens (primary N) is 1. The third kappa shape index (κ3) is 4.12. The number of rotatable bonds is 5. The summed E-state index contributed by atoms with van der Waals surface area (Å²) in [4.78, 5) is 16.0. The summed E-state index contributed by atoms with van der Waals surface area (Å²) >= 11 is 4.80. The van der Waals surface area contributed by atoms with Gasteiger partial charge in [-0.05, 0) is 24.2 Å². The maximum absolute atomic E-state index is 11.8. The van der Waals surface area contributed by atoms with E-state index in [2.05, 4.69) is 20.9 Å². The van der Waals surface area contributed by atoms with E-state index in [1.165, 1.54) is 11.3 Å². The number of ether oxygens (including phenoxy) is 1. The van der Waals surface area contributed by atoms with Gasteiger partial charge in [0.2, 0.25) is 0 Å². The normalized spacial score (nSPS) is 10.4. The van der Waals surface area contributed by atoms with Crippen LogP contribution in [0.3, 0.4) is 0 Å². The predicted molar refractivity (Wildman–Crippen MR) is 78.1 cm³/mol. The molecule has 2 aromatic rings. The molecule has 0 aliphatic rings. The lowest BCUT2D eigenvalue weighted by Crippen LogP contribution is -2.07. The molecule has 0 saturated carbocycles.